The van der Waals surface area contributed by atoms with Crippen LogP contribution in [0.1, 0.15) is 69.0 Å². The number of aryl methyl sites for hydroxylation is 1. The number of nitrogens with zero attached hydrogens (tertiary/aromatic N) is 1. The first-order valence-corrected chi connectivity index (χ1v) is 8.42. The highest BCUT2D eigenvalue weighted by atomic mass is 16.5. The Morgan fingerprint density at radius 3 is 2.52 bits per heavy atom. The molecule has 0 aromatic carbocycles. The Morgan fingerprint density at radius 2 is 1.95 bits per heavy atom. The molecule has 3 nitrogen and oxygen atoms in total. The Balaban J connectivity index is 2.32. The van der Waals surface area contributed by atoms with Crippen molar-refractivity contribution in [2.75, 3.05) is 13.7 Å². The van der Waals surface area contributed by atoms with Crippen molar-refractivity contribution in [3.05, 3.63) is 29.6 Å². The third-order valence-electron chi connectivity index (χ3n) is 4.71. The third-order valence-corrected chi connectivity index (χ3v) is 4.71. The van der Waals surface area contributed by atoms with E-state index in [-0.39, 0.29) is 11.6 Å². The molecular weight excluding hydrogens is 260 g/mol. The van der Waals surface area contributed by atoms with Gasteiger partial charge in [0, 0.05) is 19.5 Å². The zero-order chi connectivity index (χ0) is 15.1. The molecule has 2 rings (SSSR count). The summed E-state index contributed by atoms with van der Waals surface area (Å²) in [5.74, 6) is 0. The fourth-order valence-electron chi connectivity index (χ4n) is 3.57. The first-order chi connectivity index (χ1) is 10.2. The quantitative estimate of drug-likeness (QED) is 0.798. The van der Waals surface area contributed by atoms with E-state index in [0.29, 0.717) is 0 Å². The van der Waals surface area contributed by atoms with Gasteiger partial charge in [0.2, 0.25) is 0 Å². The van der Waals surface area contributed by atoms with Crippen molar-refractivity contribution in [1.82, 2.24) is 10.3 Å². The van der Waals surface area contributed by atoms with Crippen LogP contribution < -0.4 is 5.32 Å². The topological polar surface area (TPSA) is 34.2 Å². The minimum atomic E-state index is -0.0822. The number of ether oxygens (including phenoxy) is 1. The van der Waals surface area contributed by atoms with Gasteiger partial charge in [-0.25, -0.2) is 0 Å². The molecule has 1 fully saturated rings. The Bertz CT molecular complexity index is 425. The van der Waals surface area contributed by atoms with Crippen LogP contribution in [0.2, 0.25) is 0 Å². The third kappa shape index (κ3) is 4.04. The lowest BCUT2D eigenvalue weighted by atomic mass is 9.82. The number of methoxy groups -OCH3 is 1. The van der Waals surface area contributed by atoms with Crippen LogP contribution in [0, 0.1) is 6.92 Å². The molecule has 0 saturated heterocycles. The molecule has 1 aliphatic rings. The summed E-state index contributed by atoms with van der Waals surface area (Å²) in [5, 5.41) is 3.74. The van der Waals surface area contributed by atoms with Gasteiger partial charge in [0.25, 0.3) is 0 Å². The summed E-state index contributed by atoms with van der Waals surface area (Å²) in [6, 6.07) is 2.50. The normalized spacial score (nSPS) is 20.0. The molecule has 1 N–H and O–H groups in total. The van der Waals surface area contributed by atoms with Gasteiger partial charge in [0.15, 0.2) is 0 Å². The first kappa shape index (κ1) is 16.4. The van der Waals surface area contributed by atoms with E-state index in [2.05, 4.69) is 30.2 Å². The molecule has 1 unspecified atom stereocenters. The van der Waals surface area contributed by atoms with Crippen molar-refractivity contribution in [3.8, 4) is 0 Å². The van der Waals surface area contributed by atoms with Crippen molar-refractivity contribution in [3.63, 3.8) is 0 Å². The summed E-state index contributed by atoms with van der Waals surface area (Å²) < 4.78 is 6.12. The molecule has 1 aliphatic carbocycles. The van der Waals surface area contributed by atoms with Crippen LogP contribution in [0.5, 0.6) is 0 Å². The van der Waals surface area contributed by atoms with Crippen LogP contribution >= 0.6 is 0 Å². The SMILES string of the molecule is CCCNC(c1cncc(C)c1)C1(OC)CCCCCC1. The molecule has 1 aromatic rings. The number of pyridine rings is 1. The zero-order valence-corrected chi connectivity index (χ0v) is 13.8. The number of rotatable bonds is 6. The molecule has 0 spiro atoms. The second-order valence-corrected chi connectivity index (χ2v) is 6.37. The smallest absolute Gasteiger partial charge is 0.0873 e. The molecule has 1 atom stereocenters. The Morgan fingerprint density at radius 1 is 1.24 bits per heavy atom. The lowest BCUT2D eigenvalue weighted by molar-refractivity contribution is -0.0540. The van der Waals surface area contributed by atoms with Gasteiger partial charge in [-0.05, 0) is 43.9 Å². The monoisotopic (exact) mass is 290 g/mol. The van der Waals surface area contributed by atoms with Crippen molar-refractivity contribution in [1.29, 1.82) is 0 Å². The Labute approximate surface area is 129 Å². The molecule has 0 aliphatic heterocycles. The predicted octanol–water partition coefficient (Wildman–Crippen LogP) is 4.17. The minimum Gasteiger partial charge on any atom is -0.376 e. The number of nitrogens with one attached hydrogen (secondary N) is 1. The van der Waals surface area contributed by atoms with Gasteiger partial charge in [-0.2, -0.15) is 0 Å². The summed E-state index contributed by atoms with van der Waals surface area (Å²) in [7, 11) is 1.88. The highest BCUT2D eigenvalue weighted by Gasteiger charge is 2.39. The average molecular weight is 290 g/mol. The molecule has 1 saturated carbocycles. The summed E-state index contributed by atoms with van der Waals surface area (Å²) >= 11 is 0. The van der Waals surface area contributed by atoms with E-state index in [9.17, 15) is 0 Å². The molecule has 118 valence electrons. The Kier molecular flexibility index (Phi) is 6.19. The van der Waals surface area contributed by atoms with Crippen molar-refractivity contribution in [2.45, 2.75) is 70.4 Å². The first-order valence-electron chi connectivity index (χ1n) is 8.42. The fourth-order valence-corrected chi connectivity index (χ4v) is 3.57. The van der Waals surface area contributed by atoms with Crippen molar-refractivity contribution >= 4 is 0 Å². The van der Waals surface area contributed by atoms with E-state index in [1.807, 2.05) is 19.5 Å². The predicted molar refractivity (Wildman–Crippen MR) is 87.5 cm³/mol. The largest absolute Gasteiger partial charge is 0.376 e. The molecule has 1 aromatic heterocycles. The molecule has 0 amide bonds. The second-order valence-electron chi connectivity index (χ2n) is 6.37. The zero-order valence-electron chi connectivity index (χ0n) is 13.8. The van der Waals surface area contributed by atoms with E-state index >= 15 is 0 Å². The summed E-state index contributed by atoms with van der Waals surface area (Å²) in [4.78, 5) is 4.40. The molecule has 21 heavy (non-hydrogen) atoms. The van der Waals surface area contributed by atoms with E-state index in [0.717, 1.165) is 25.8 Å². The van der Waals surface area contributed by atoms with E-state index < -0.39 is 0 Å². The highest BCUT2D eigenvalue weighted by Crippen LogP contribution is 2.40. The van der Waals surface area contributed by atoms with Gasteiger partial charge in [-0.15, -0.1) is 0 Å². The summed E-state index contributed by atoms with van der Waals surface area (Å²) in [5.41, 5.74) is 2.41. The van der Waals surface area contributed by atoms with E-state index in [1.54, 1.807) is 0 Å². The molecule has 3 heteroatoms. The van der Waals surface area contributed by atoms with Gasteiger partial charge >= 0.3 is 0 Å². The maximum Gasteiger partial charge on any atom is 0.0873 e. The minimum absolute atomic E-state index is 0.0822. The second kappa shape index (κ2) is 7.90. The molecule has 0 bridgehead atoms. The van der Waals surface area contributed by atoms with E-state index in [1.165, 1.54) is 36.8 Å². The number of hydrogen-bond acceptors (Lipinski definition) is 3. The van der Waals surface area contributed by atoms with Crippen LogP contribution in [0.4, 0.5) is 0 Å². The highest BCUT2D eigenvalue weighted by molar-refractivity contribution is 5.23. The average Bonchev–Trinajstić information content (AvgIpc) is 2.74. The van der Waals surface area contributed by atoms with Gasteiger partial charge < -0.3 is 10.1 Å². The molecule has 1 heterocycles. The van der Waals surface area contributed by atoms with Crippen LogP contribution in [0.3, 0.4) is 0 Å². The van der Waals surface area contributed by atoms with Crippen LogP contribution in [-0.4, -0.2) is 24.2 Å². The maximum absolute atomic E-state index is 6.12. The fraction of sp³-hybridized carbons (Fsp3) is 0.722. The number of aromatic nitrogens is 1. The summed E-state index contributed by atoms with van der Waals surface area (Å²) in [6.45, 7) is 5.34. The molecule has 0 radical (unpaired) electrons. The standard InChI is InChI=1S/C18H30N2O/c1-4-11-20-17(16-12-15(2)13-19-14-16)18(21-3)9-7-5-6-8-10-18/h12-14,17,20H,4-11H2,1-3H3. The van der Waals surface area contributed by atoms with Crippen molar-refractivity contribution in [2.24, 2.45) is 0 Å². The van der Waals surface area contributed by atoms with Gasteiger partial charge in [0.1, 0.15) is 0 Å². The maximum atomic E-state index is 6.12. The van der Waals surface area contributed by atoms with Gasteiger partial charge in [-0.3, -0.25) is 4.98 Å². The van der Waals surface area contributed by atoms with E-state index in [4.69, 9.17) is 4.74 Å². The summed E-state index contributed by atoms with van der Waals surface area (Å²) in [6.07, 6.45) is 12.5. The van der Waals surface area contributed by atoms with Crippen molar-refractivity contribution < 1.29 is 4.74 Å². The van der Waals surface area contributed by atoms with Crippen LogP contribution in [0.15, 0.2) is 18.5 Å². The lowest BCUT2D eigenvalue weighted by Gasteiger charge is -2.40. The van der Waals surface area contributed by atoms with Crippen LogP contribution in [-0.2, 0) is 4.74 Å². The lowest BCUT2D eigenvalue weighted by Crippen LogP contribution is -2.45. The Hall–Kier alpha value is -0.930. The van der Waals surface area contributed by atoms with Gasteiger partial charge in [-0.1, -0.05) is 38.7 Å². The van der Waals surface area contributed by atoms with Crippen LogP contribution in [0.25, 0.3) is 0 Å². The molecular formula is C18H30N2O. The number of hydrogen-bond donors (Lipinski definition) is 1. The van der Waals surface area contributed by atoms with Gasteiger partial charge in [0.05, 0.1) is 11.6 Å².